The summed E-state index contributed by atoms with van der Waals surface area (Å²) in [7, 11) is 0. The van der Waals surface area contributed by atoms with Crippen molar-refractivity contribution < 1.29 is 9.53 Å². The first kappa shape index (κ1) is 15.5. The Morgan fingerprint density at radius 3 is 2.85 bits per heavy atom. The van der Waals surface area contributed by atoms with Crippen LogP contribution >= 0.6 is 11.3 Å². The monoisotopic (exact) mass is 296 g/mol. The van der Waals surface area contributed by atoms with Gasteiger partial charge in [-0.15, -0.1) is 0 Å². The van der Waals surface area contributed by atoms with Crippen LogP contribution in [0.15, 0.2) is 16.8 Å². The van der Waals surface area contributed by atoms with Gasteiger partial charge in [-0.05, 0) is 49.6 Å². The summed E-state index contributed by atoms with van der Waals surface area (Å²) in [5, 5.41) is 7.66. The minimum absolute atomic E-state index is 0.0471. The fourth-order valence-corrected chi connectivity index (χ4v) is 3.27. The molecule has 4 nitrogen and oxygen atoms in total. The normalized spacial score (nSPS) is 28.1. The zero-order valence-corrected chi connectivity index (χ0v) is 13.5. The van der Waals surface area contributed by atoms with Crippen molar-refractivity contribution in [1.82, 2.24) is 10.2 Å². The lowest BCUT2D eigenvalue weighted by molar-refractivity contribution is -0.136. The molecule has 112 valence electrons. The second-order valence-corrected chi connectivity index (χ2v) is 6.29. The Morgan fingerprint density at radius 2 is 2.30 bits per heavy atom. The van der Waals surface area contributed by atoms with Gasteiger partial charge in [0.25, 0.3) is 0 Å². The number of carbonyl (C=O) groups excluding carboxylic acids is 1. The van der Waals surface area contributed by atoms with E-state index in [0.29, 0.717) is 13.2 Å². The Balaban J connectivity index is 2.26. The van der Waals surface area contributed by atoms with E-state index in [4.69, 9.17) is 4.74 Å². The van der Waals surface area contributed by atoms with Crippen LogP contribution in [-0.4, -0.2) is 35.6 Å². The molecule has 0 radical (unpaired) electrons. The first-order valence-corrected chi connectivity index (χ1v) is 8.18. The highest BCUT2D eigenvalue weighted by atomic mass is 32.1. The van der Waals surface area contributed by atoms with Crippen molar-refractivity contribution in [2.24, 2.45) is 0 Å². The number of hydrogen-bond acceptors (Lipinski definition) is 4. The maximum atomic E-state index is 12.8. The third-order valence-corrected chi connectivity index (χ3v) is 4.75. The number of amides is 1. The Morgan fingerprint density at radius 1 is 1.55 bits per heavy atom. The second-order valence-electron chi connectivity index (χ2n) is 5.51. The van der Waals surface area contributed by atoms with E-state index in [0.717, 1.165) is 12.0 Å². The topological polar surface area (TPSA) is 41.6 Å². The molecule has 0 aliphatic carbocycles. The first-order valence-electron chi connectivity index (χ1n) is 7.23. The molecule has 2 heterocycles. The van der Waals surface area contributed by atoms with Gasteiger partial charge in [0.05, 0.1) is 18.2 Å². The molecular formula is C15H24N2O2S. The van der Waals surface area contributed by atoms with Crippen LogP contribution in [0.4, 0.5) is 0 Å². The van der Waals surface area contributed by atoms with Crippen LogP contribution in [0.3, 0.4) is 0 Å². The van der Waals surface area contributed by atoms with Gasteiger partial charge in [0, 0.05) is 6.61 Å². The Bertz CT molecular complexity index is 449. The molecule has 1 aromatic heterocycles. The van der Waals surface area contributed by atoms with Crippen LogP contribution in [0.2, 0.25) is 0 Å². The molecule has 1 aliphatic heterocycles. The van der Waals surface area contributed by atoms with Gasteiger partial charge in [-0.2, -0.15) is 11.3 Å². The second kappa shape index (κ2) is 6.24. The minimum Gasteiger partial charge on any atom is -0.380 e. The molecule has 2 rings (SSSR count). The van der Waals surface area contributed by atoms with E-state index in [2.05, 4.69) is 29.1 Å². The number of ether oxygens (including phenoxy) is 1. The maximum Gasteiger partial charge on any atom is 0.244 e. The lowest BCUT2D eigenvalue weighted by Gasteiger charge is -2.30. The van der Waals surface area contributed by atoms with E-state index in [1.807, 2.05) is 25.7 Å². The van der Waals surface area contributed by atoms with Gasteiger partial charge in [-0.3, -0.25) is 10.1 Å². The molecule has 1 saturated heterocycles. The van der Waals surface area contributed by atoms with Gasteiger partial charge in [-0.1, -0.05) is 6.92 Å². The number of nitrogens with one attached hydrogen (secondary N) is 1. The van der Waals surface area contributed by atoms with Gasteiger partial charge >= 0.3 is 0 Å². The van der Waals surface area contributed by atoms with Gasteiger partial charge in [0.1, 0.15) is 6.17 Å². The molecule has 1 amide bonds. The molecule has 20 heavy (non-hydrogen) atoms. The summed E-state index contributed by atoms with van der Waals surface area (Å²) in [6.45, 7) is 9.31. The van der Waals surface area contributed by atoms with Gasteiger partial charge < -0.3 is 9.64 Å². The predicted molar refractivity (Wildman–Crippen MR) is 81.7 cm³/mol. The van der Waals surface area contributed by atoms with Crippen molar-refractivity contribution in [2.75, 3.05) is 13.2 Å². The first-order chi connectivity index (χ1) is 9.53. The summed E-state index contributed by atoms with van der Waals surface area (Å²) in [4.78, 5) is 14.7. The summed E-state index contributed by atoms with van der Waals surface area (Å²) < 4.78 is 5.50. The molecule has 5 heteroatoms. The van der Waals surface area contributed by atoms with E-state index < -0.39 is 5.54 Å². The van der Waals surface area contributed by atoms with Crippen LogP contribution in [0.5, 0.6) is 0 Å². The van der Waals surface area contributed by atoms with Crippen LogP contribution in [0, 0.1) is 0 Å². The molecule has 1 aromatic rings. The summed E-state index contributed by atoms with van der Waals surface area (Å²) in [5.41, 5.74) is 0.677. The van der Waals surface area contributed by atoms with Gasteiger partial charge in [0.2, 0.25) is 5.91 Å². The lowest BCUT2D eigenvalue weighted by Crippen LogP contribution is -2.45. The molecule has 3 atom stereocenters. The fourth-order valence-electron chi connectivity index (χ4n) is 2.59. The van der Waals surface area contributed by atoms with Crippen LogP contribution in [0.25, 0.3) is 0 Å². The Kier molecular flexibility index (Phi) is 4.83. The highest BCUT2D eigenvalue weighted by molar-refractivity contribution is 7.07. The van der Waals surface area contributed by atoms with Crippen molar-refractivity contribution in [3.8, 4) is 0 Å². The smallest absolute Gasteiger partial charge is 0.244 e. The van der Waals surface area contributed by atoms with E-state index in [-0.39, 0.29) is 18.1 Å². The molecule has 3 unspecified atom stereocenters. The largest absolute Gasteiger partial charge is 0.380 e. The summed E-state index contributed by atoms with van der Waals surface area (Å²) in [5.74, 6) is 0.170. The van der Waals surface area contributed by atoms with Crippen LogP contribution < -0.4 is 5.32 Å². The van der Waals surface area contributed by atoms with Gasteiger partial charge in [0.15, 0.2) is 0 Å². The zero-order chi connectivity index (χ0) is 14.8. The summed E-state index contributed by atoms with van der Waals surface area (Å²) >= 11 is 1.66. The van der Waals surface area contributed by atoms with Crippen molar-refractivity contribution >= 4 is 17.2 Å². The zero-order valence-electron chi connectivity index (χ0n) is 12.7. The molecule has 0 bridgehead atoms. The quantitative estimate of drug-likeness (QED) is 0.877. The molecule has 1 N–H and O–H groups in total. The Hall–Kier alpha value is -0.910. The molecule has 1 aliphatic rings. The fraction of sp³-hybridized carbons (Fsp3) is 0.667. The highest BCUT2D eigenvalue weighted by Crippen LogP contribution is 2.35. The minimum atomic E-state index is -0.479. The molecule has 0 saturated carbocycles. The van der Waals surface area contributed by atoms with Crippen molar-refractivity contribution in [3.63, 3.8) is 0 Å². The average molecular weight is 296 g/mol. The molecule has 0 aromatic carbocycles. The van der Waals surface area contributed by atoms with E-state index in [1.54, 1.807) is 11.3 Å². The lowest BCUT2D eigenvalue weighted by atomic mass is 9.99. The Labute approximate surface area is 125 Å². The number of carbonyl (C=O) groups is 1. The number of nitrogens with zero attached hydrogens (tertiary/aromatic N) is 1. The van der Waals surface area contributed by atoms with Crippen LogP contribution in [-0.2, 0) is 9.53 Å². The molecular weight excluding hydrogens is 272 g/mol. The van der Waals surface area contributed by atoms with E-state index in [1.165, 1.54) is 0 Å². The van der Waals surface area contributed by atoms with Crippen molar-refractivity contribution in [2.45, 2.75) is 51.9 Å². The standard InChI is InChI=1S/C15H24N2O2S/c1-5-15(4)14(18)17(11(3)9-19-6-2)13(16-15)12-7-8-20-10-12/h7-8,10-11,13,16H,5-6,9H2,1-4H3. The van der Waals surface area contributed by atoms with Crippen LogP contribution in [0.1, 0.15) is 45.8 Å². The highest BCUT2D eigenvalue weighted by Gasteiger charge is 2.48. The summed E-state index contributed by atoms with van der Waals surface area (Å²) in [6, 6.07) is 2.14. The number of thiophene rings is 1. The SMILES string of the molecule is CCOCC(C)N1C(=O)C(C)(CC)NC1c1ccsc1. The third kappa shape index (κ3) is 2.75. The summed E-state index contributed by atoms with van der Waals surface area (Å²) in [6.07, 6.45) is 0.735. The average Bonchev–Trinajstić information content (AvgIpc) is 3.05. The molecule has 0 spiro atoms. The third-order valence-electron chi connectivity index (χ3n) is 4.04. The predicted octanol–water partition coefficient (Wildman–Crippen LogP) is 2.77. The van der Waals surface area contributed by atoms with E-state index in [9.17, 15) is 4.79 Å². The molecule has 1 fully saturated rings. The van der Waals surface area contributed by atoms with Gasteiger partial charge in [-0.25, -0.2) is 0 Å². The van der Waals surface area contributed by atoms with Crippen molar-refractivity contribution in [3.05, 3.63) is 22.4 Å². The maximum absolute atomic E-state index is 12.8. The van der Waals surface area contributed by atoms with E-state index >= 15 is 0 Å². The van der Waals surface area contributed by atoms with Crippen molar-refractivity contribution in [1.29, 1.82) is 0 Å². The number of hydrogen-bond donors (Lipinski definition) is 1. The number of rotatable bonds is 6.